The van der Waals surface area contributed by atoms with Gasteiger partial charge in [0.05, 0.1) is 23.8 Å². The van der Waals surface area contributed by atoms with Gasteiger partial charge in [0, 0.05) is 53.9 Å². The van der Waals surface area contributed by atoms with Crippen LogP contribution in [0.15, 0.2) is 43.2 Å². The Labute approximate surface area is 168 Å². The van der Waals surface area contributed by atoms with E-state index in [1.807, 2.05) is 24.8 Å². The second kappa shape index (κ2) is 7.72. The fourth-order valence-electron chi connectivity index (χ4n) is 3.22. The summed E-state index contributed by atoms with van der Waals surface area (Å²) >= 11 is 0. The van der Waals surface area contributed by atoms with Crippen LogP contribution in [-0.2, 0) is 6.54 Å². The van der Waals surface area contributed by atoms with E-state index in [0.717, 1.165) is 35.3 Å². The Morgan fingerprint density at radius 1 is 1.14 bits per heavy atom. The normalized spacial score (nSPS) is 11.1. The third kappa shape index (κ3) is 3.67. The molecule has 29 heavy (non-hydrogen) atoms. The summed E-state index contributed by atoms with van der Waals surface area (Å²) in [5.74, 6) is 0.650. The van der Waals surface area contributed by atoms with Crippen LogP contribution in [0, 0.1) is 11.3 Å². The molecule has 146 valence electrons. The largest absolute Gasteiger partial charge is 0.382 e. The van der Waals surface area contributed by atoms with E-state index in [0.29, 0.717) is 17.0 Å². The van der Waals surface area contributed by atoms with Crippen LogP contribution in [0.3, 0.4) is 0 Å². The highest BCUT2D eigenvalue weighted by Gasteiger charge is 2.14. The maximum Gasteiger partial charge on any atom is 0.164 e. The Morgan fingerprint density at radius 2 is 2.00 bits per heavy atom. The monoisotopic (exact) mass is 386 g/mol. The lowest BCUT2D eigenvalue weighted by Gasteiger charge is -2.15. The summed E-state index contributed by atoms with van der Waals surface area (Å²) in [4.78, 5) is 13.6. The standard InChI is InChI=1S/C21H22N8/c1-4-5-28-12-19(25-13-28)17-11-23-20(7-18(17)27-14(2)3)29-21-16(10-26-29)6-15(8-22)9-24-21/h6-7,9-14H,4-5H2,1-3H3,(H,23,27). The van der Waals surface area contributed by atoms with Crippen LogP contribution in [-0.4, -0.2) is 35.3 Å². The summed E-state index contributed by atoms with van der Waals surface area (Å²) in [6.45, 7) is 7.26. The van der Waals surface area contributed by atoms with Crippen molar-refractivity contribution in [2.45, 2.75) is 39.8 Å². The van der Waals surface area contributed by atoms with Crippen LogP contribution in [0.5, 0.6) is 0 Å². The van der Waals surface area contributed by atoms with Gasteiger partial charge in [-0.15, -0.1) is 0 Å². The van der Waals surface area contributed by atoms with Crippen molar-refractivity contribution in [2.24, 2.45) is 0 Å². The molecule has 0 saturated heterocycles. The number of hydrogen-bond acceptors (Lipinski definition) is 6. The number of hydrogen-bond donors (Lipinski definition) is 1. The molecule has 0 spiro atoms. The topological polar surface area (TPSA) is 97.2 Å². The molecule has 4 aromatic rings. The second-order valence-electron chi connectivity index (χ2n) is 7.19. The molecule has 0 unspecified atom stereocenters. The number of aromatic nitrogens is 6. The number of nitrogens with one attached hydrogen (secondary N) is 1. The smallest absolute Gasteiger partial charge is 0.164 e. The molecule has 4 rings (SSSR count). The van der Waals surface area contributed by atoms with Crippen LogP contribution in [0.25, 0.3) is 28.1 Å². The van der Waals surface area contributed by atoms with Crippen molar-refractivity contribution in [2.75, 3.05) is 5.32 Å². The summed E-state index contributed by atoms with van der Waals surface area (Å²) in [7, 11) is 0. The molecule has 0 aliphatic rings. The summed E-state index contributed by atoms with van der Waals surface area (Å²) in [5, 5.41) is 17.8. The Balaban J connectivity index is 1.79. The Morgan fingerprint density at radius 3 is 2.76 bits per heavy atom. The van der Waals surface area contributed by atoms with Gasteiger partial charge < -0.3 is 9.88 Å². The fraction of sp³-hybridized carbons (Fsp3) is 0.286. The summed E-state index contributed by atoms with van der Waals surface area (Å²) in [6, 6.07) is 6.07. The minimum Gasteiger partial charge on any atom is -0.382 e. The third-order valence-corrected chi connectivity index (χ3v) is 4.48. The van der Waals surface area contributed by atoms with Crippen molar-refractivity contribution in [3.05, 3.63) is 48.8 Å². The molecule has 1 N–H and O–H groups in total. The highest BCUT2D eigenvalue weighted by atomic mass is 15.3. The van der Waals surface area contributed by atoms with Gasteiger partial charge in [-0.25, -0.2) is 15.0 Å². The van der Waals surface area contributed by atoms with Crippen molar-refractivity contribution in [1.29, 1.82) is 5.26 Å². The number of imidazole rings is 1. The number of rotatable bonds is 6. The SMILES string of the molecule is CCCn1cnc(-c2cnc(-n3ncc4cc(C#N)cnc43)cc2NC(C)C)c1. The predicted octanol–water partition coefficient (Wildman–Crippen LogP) is 3.78. The van der Waals surface area contributed by atoms with Gasteiger partial charge in [-0.05, 0) is 26.3 Å². The first-order valence-electron chi connectivity index (χ1n) is 9.62. The summed E-state index contributed by atoms with van der Waals surface area (Å²) < 4.78 is 3.77. The molecule has 0 saturated carbocycles. The summed E-state index contributed by atoms with van der Waals surface area (Å²) in [6.07, 6.45) is 10.00. The van der Waals surface area contributed by atoms with Crippen LogP contribution in [0.2, 0.25) is 0 Å². The first-order chi connectivity index (χ1) is 14.1. The zero-order chi connectivity index (χ0) is 20.4. The van der Waals surface area contributed by atoms with E-state index in [2.05, 4.69) is 56.8 Å². The van der Waals surface area contributed by atoms with Crippen molar-refractivity contribution in [1.82, 2.24) is 29.3 Å². The molecule has 0 amide bonds. The lowest BCUT2D eigenvalue weighted by molar-refractivity contribution is 0.678. The fourth-order valence-corrected chi connectivity index (χ4v) is 3.22. The lowest BCUT2D eigenvalue weighted by atomic mass is 10.1. The van der Waals surface area contributed by atoms with Crippen LogP contribution < -0.4 is 5.32 Å². The molecule has 0 aliphatic heterocycles. The number of nitrogens with zero attached hydrogens (tertiary/aromatic N) is 7. The molecule has 4 aromatic heterocycles. The number of aryl methyl sites for hydroxylation is 1. The highest BCUT2D eigenvalue weighted by Crippen LogP contribution is 2.29. The molecule has 0 fully saturated rings. The van der Waals surface area contributed by atoms with Gasteiger partial charge in [-0.1, -0.05) is 6.92 Å². The number of fused-ring (bicyclic) bond motifs is 1. The Bertz CT molecular complexity index is 1200. The molecule has 0 aromatic carbocycles. The van der Waals surface area contributed by atoms with Crippen molar-refractivity contribution >= 4 is 16.7 Å². The average Bonchev–Trinajstić information content (AvgIpc) is 3.34. The first kappa shape index (κ1) is 18.6. The predicted molar refractivity (Wildman–Crippen MR) is 112 cm³/mol. The van der Waals surface area contributed by atoms with Gasteiger partial charge in [0.1, 0.15) is 6.07 Å². The van der Waals surface area contributed by atoms with Crippen molar-refractivity contribution in [3.8, 4) is 23.1 Å². The van der Waals surface area contributed by atoms with E-state index in [9.17, 15) is 0 Å². The van der Waals surface area contributed by atoms with Gasteiger partial charge in [0.25, 0.3) is 0 Å². The van der Waals surface area contributed by atoms with E-state index in [4.69, 9.17) is 5.26 Å². The van der Waals surface area contributed by atoms with Gasteiger partial charge in [0.15, 0.2) is 11.5 Å². The maximum atomic E-state index is 9.07. The third-order valence-electron chi connectivity index (χ3n) is 4.48. The summed E-state index contributed by atoms with van der Waals surface area (Å²) in [5.41, 5.74) is 3.91. The number of pyridine rings is 2. The van der Waals surface area contributed by atoms with Gasteiger partial charge in [-0.2, -0.15) is 15.0 Å². The Kier molecular flexibility index (Phi) is 4.96. The number of anilines is 1. The van der Waals surface area contributed by atoms with Gasteiger partial charge in [0.2, 0.25) is 0 Å². The van der Waals surface area contributed by atoms with Crippen LogP contribution in [0.4, 0.5) is 5.69 Å². The van der Waals surface area contributed by atoms with Crippen LogP contribution >= 0.6 is 0 Å². The molecule has 4 heterocycles. The molecule has 0 radical (unpaired) electrons. The maximum absolute atomic E-state index is 9.07. The van der Waals surface area contributed by atoms with E-state index < -0.39 is 0 Å². The van der Waals surface area contributed by atoms with Crippen LogP contribution in [0.1, 0.15) is 32.8 Å². The lowest BCUT2D eigenvalue weighted by Crippen LogP contribution is -2.12. The van der Waals surface area contributed by atoms with E-state index in [1.54, 1.807) is 23.1 Å². The quantitative estimate of drug-likeness (QED) is 0.542. The first-order valence-corrected chi connectivity index (χ1v) is 9.62. The van der Waals surface area contributed by atoms with Gasteiger partial charge in [-0.3, -0.25) is 0 Å². The molecule has 8 nitrogen and oxygen atoms in total. The molecular formula is C21H22N8. The molecule has 8 heteroatoms. The molecular weight excluding hydrogens is 364 g/mol. The van der Waals surface area contributed by atoms with E-state index in [-0.39, 0.29) is 6.04 Å². The Hall–Kier alpha value is -3.73. The minimum atomic E-state index is 0.243. The highest BCUT2D eigenvalue weighted by molar-refractivity contribution is 5.79. The minimum absolute atomic E-state index is 0.243. The van der Waals surface area contributed by atoms with Crippen molar-refractivity contribution in [3.63, 3.8) is 0 Å². The average molecular weight is 386 g/mol. The molecule has 0 bridgehead atoms. The molecule has 0 atom stereocenters. The zero-order valence-electron chi connectivity index (χ0n) is 16.7. The number of nitriles is 1. The second-order valence-corrected chi connectivity index (χ2v) is 7.19. The molecule has 0 aliphatic carbocycles. The van der Waals surface area contributed by atoms with E-state index in [1.165, 1.54) is 0 Å². The van der Waals surface area contributed by atoms with Gasteiger partial charge >= 0.3 is 0 Å². The van der Waals surface area contributed by atoms with Crippen molar-refractivity contribution < 1.29 is 0 Å². The van der Waals surface area contributed by atoms with E-state index >= 15 is 0 Å². The zero-order valence-corrected chi connectivity index (χ0v) is 16.7.